The molecule has 0 aromatic heterocycles. The summed E-state index contributed by atoms with van der Waals surface area (Å²) in [6.07, 6.45) is 0.0149. The van der Waals surface area contributed by atoms with Crippen LogP contribution in [0.15, 0.2) is 34.7 Å². The number of phenolic OH excluding ortho intramolecular Hbond substituents is 1. The maximum Gasteiger partial charge on any atom is 0.337 e. The van der Waals surface area contributed by atoms with E-state index in [-0.39, 0.29) is 33.6 Å². The zero-order valence-corrected chi connectivity index (χ0v) is 20.2. The Balaban J connectivity index is 2.26. The number of allylic oxidation sites excluding steroid dienone is 3. The fourth-order valence-electron chi connectivity index (χ4n) is 4.48. The van der Waals surface area contributed by atoms with Crippen LogP contribution in [0.1, 0.15) is 45.6 Å². The number of esters is 2. The number of phenols is 1. The lowest BCUT2D eigenvalue weighted by atomic mass is 9.69. The van der Waals surface area contributed by atoms with Gasteiger partial charge in [0.25, 0.3) is 0 Å². The molecule has 0 saturated heterocycles. The zero-order chi connectivity index (χ0) is 24.6. The Morgan fingerprint density at radius 3 is 2.48 bits per heavy atom. The lowest BCUT2D eigenvalue weighted by Crippen LogP contribution is -2.43. The molecular weight excluding hydrogens is 450 g/mol. The summed E-state index contributed by atoms with van der Waals surface area (Å²) in [4.78, 5) is 39.3. The van der Waals surface area contributed by atoms with Crippen molar-refractivity contribution in [2.45, 2.75) is 46.1 Å². The lowest BCUT2D eigenvalue weighted by Gasteiger charge is -2.38. The average Bonchev–Trinajstić information content (AvgIpc) is 2.73. The highest BCUT2D eigenvalue weighted by atomic mass is 35.5. The largest absolute Gasteiger partial charge is 0.503 e. The number of hydrogen-bond acceptors (Lipinski definition) is 8. The molecule has 0 amide bonds. The highest BCUT2D eigenvalue weighted by molar-refractivity contribution is 6.32. The fourth-order valence-corrected chi connectivity index (χ4v) is 4.70. The molecule has 2 aliphatic rings. The number of ketones is 1. The Kier molecular flexibility index (Phi) is 7.07. The Bertz CT molecular complexity index is 1070. The van der Waals surface area contributed by atoms with Crippen LogP contribution in [0.3, 0.4) is 0 Å². The molecule has 9 heteroatoms. The molecule has 1 aliphatic carbocycles. The summed E-state index contributed by atoms with van der Waals surface area (Å²) >= 11 is 6.25. The SMILES string of the molecule is COC(=O)C1C(=O)C2=C(CC1C)NC(C)=C(C(=O)OC(C)C)C2c1cc(Cl)c(O)c(OC)c1. The molecule has 3 atom stereocenters. The minimum atomic E-state index is -1.01. The van der Waals surface area contributed by atoms with Gasteiger partial charge in [-0.05, 0) is 50.8 Å². The number of nitrogens with one attached hydrogen (secondary N) is 1. The van der Waals surface area contributed by atoms with Crippen molar-refractivity contribution in [1.82, 2.24) is 5.32 Å². The highest BCUT2D eigenvalue weighted by Gasteiger charge is 2.47. The number of benzene rings is 1. The molecule has 178 valence electrons. The molecule has 1 aromatic rings. The van der Waals surface area contributed by atoms with Crippen molar-refractivity contribution in [1.29, 1.82) is 0 Å². The van der Waals surface area contributed by atoms with Crippen molar-refractivity contribution in [2.24, 2.45) is 11.8 Å². The summed E-state index contributed by atoms with van der Waals surface area (Å²) in [5.41, 5.74) is 2.10. The summed E-state index contributed by atoms with van der Waals surface area (Å²) in [6, 6.07) is 3.00. The van der Waals surface area contributed by atoms with Crippen molar-refractivity contribution < 1.29 is 33.7 Å². The maximum atomic E-state index is 13.7. The number of halogens is 1. The fraction of sp³-hybridized carbons (Fsp3) is 0.458. The van der Waals surface area contributed by atoms with E-state index >= 15 is 0 Å². The number of hydrogen-bond donors (Lipinski definition) is 2. The monoisotopic (exact) mass is 477 g/mol. The van der Waals surface area contributed by atoms with Crippen LogP contribution in [0.5, 0.6) is 11.5 Å². The Labute approximate surface area is 197 Å². The van der Waals surface area contributed by atoms with Crippen LogP contribution in [0.2, 0.25) is 5.02 Å². The Morgan fingerprint density at radius 2 is 1.91 bits per heavy atom. The van der Waals surface area contributed by atoms with Crippen molar-refractivity contribution in [3.63, 3.8) is 0 Å². The zero-order valence-electron chi connectivity index (χ0n) is 19.4. The van der Waals surface area contributed by atoms with Gasteiger partial charge in [-0.2, -0.15) is 0 Å². The topological polar surface area (TPSA) is 111 Å². The number of ether oxygens (including phenoxy) is 3. The number of methoxy groups -OCH3 is 2. The van der Waals surface area contributed by atoms with E-state index in [1.807, 2.05) is 6.92 Å². The van der Waals surface area contributed by atoms with Gasteiger partial charge in [-0.25, -0.2) is 4.79 Å². The van der Waals surface area contributed by atoms with E-state index in [1.165, 1.54) is 26.4 Å². The first-order valence-corrected chi connectivity index (χ1v) is 11.0. The molecule has 0 radical (unpaired) electrons. The molecular formula is C24H28ClNO7. The smallest absolute Gasteiger partial charge is 0.337 e. The second-order valence-electron chi connectivity index (χ2n) is 8.54. The number of dihydropyridines is 1. The van der Waals surface area contributed by atoms with Crippen LogP contribution in [-0.2, 0) is 23.9 Å². The van der Waals surface area contributed by atoms with Gasteiger partial charge in [0.15, 0.2) is 17.3 Å². The molecule has 0 saturated carbocycles. The third-order valence-electron chi connectivity index (χ3n) is 5.91. The van der Waals surface area contributed by atoms with Crippen LogP contribution in [-0.4, -0.2) is 43.2 Å². The van der Waals surface area contributed by atoms with E-state index in [0.717, 1.165) is 0 Å². The molecule has 33 heavy (non-hydrogen) atoms. The van der Waals surface area contributed by atoms with E-state index in [0.29, 0.717) is 23.4 Å². The van der Waals surface area contributed by atoms with Gasteiger partial charge in [-0.3, -0.25) is 9.59 Å². The van der Waals surface area contributed by atoms with Gasteiger partial charge >= 0.3 is 11.9 Å². The number of carbonyl (C=O) groups is 3. The van der Waals surface area contributed by atoms with Gasteiger partial charge in [-0.1, -0.05) is 18.5 Å². The first-order chi connectivity index (χ1) is 15.5. The van der Waals surface area contributed by atoms with Crippen LogP contribution in [0.25, 0.3) is 0 Å². The predicted molar refractivity (Wildman–Crippen MR) is 121 cm³/mol. The number of Topliss-reactive ketones (excluding diaryl/α,β-unsaturated/α-hetero) is 1. The third-order valence-corrected chi connectivity index (χ3v) is 6.20. The average molecular weight is 478 g/mol. The minimum Gasteiger partial charge on any atom is -0.503 e. The molecule has 1 aliphatic heterocycles. The lowest BCUT2D eigenvalue weighted by molar-refractivity contribution is -0.151. The van der Waals surface area contributed by atoms with Crippen molar-refractivity contribution in [3.8, 4) is 11.5 Å². The van der Waals surface area contributed by atoms with Gasteiger partial charge < -0.3 is 24.6 Å². The predicted octanol–water partition coefficient (Wildman–Crippen LogP) is 3.62. The standard InChI is InChI=1S/C24H28ClNO7/c1-10(2)33-24(30)18-12(4)26-15-7-11(3)17(23(29)32-6)22(28)20(15)19(18)13-8-14(25)21(27)16(9-13)31-5/h8-11,17,19,26-27H,7H2,1-6H3. The van der Waals surface area contributed by atoms with Crippen LogP contribution >= 0.6 is 11.6 Å². The Morgan fingerprint density at radius 1 is 1.24 bits per heavy atom. The van der Waals surface area contributed by atoms with Gasteiger partial charge in [-0.15, -0.1) is 0 Å². The van der Waals surface area contributed by atoms with Crippen LogP contribution in [0.4, 0.5) is 0 Å². The van der Waals surface area contributed by atoms with Crippen LogP contribution < -0.4 is 10.1 Å². The van der Waals surface area contributed by atoms with Gasteiger partial charge in [0.1, 0.15) is 5.92 Å². The van der Waals surface area contributed by atoms with Gasteiger partial charge in [0.2, 0.25) is 0 Å². The molecule has 3 rings (SSSR count). The number of carbonyl (C=O) groups excluding carboxylic acids is 3. The molecule has 0 fully saturated rings. The summed E-state index contributed by atoms with van der Waals surface area (Å²) in [5.74, 6) is -4.01. The molecule has 3 unspecified atom stereocenters. The highest BCUT2D eigenvalue weighted by Crippen LogP contribution is 2.48. The summed E-state index contributed by atoms with van der Waals surface area (Å²) in [7, 11) is 2.61. The van der Waals surface area contributed by atoms with Gasteiger partial charge in [0, 0.05) is 22.9 Å². The first kappa shape index (κ1) is 24.6. The van der Waals surface area contributed by atoms with Crippen molar-refractivity contribution in [2.75, 3.05) is 14.2 Å². The van der Waals surface area contributed by atoms with E-state index in [1.54, 1.807) is 20.8 Å². The Hall–Kier alpha value is -3.00. The molecule has 8 nitrogen and oxygen atoms in total. The van der Waals surface area contributed by atoms with E-state index in [2.05, 4.69) is 5.32 Å². The van der Waals surface area contributed by atoms with Crippen molar-refractivity contribution >= 4 is 29.3 Å². The molecule has 1 heterocycles. The molecule has 1 aromatic carbocycles. The van der Waals surface area contributed by atoms with E-state index in [9.17, 15) is 19.5 Å². The van der Waals surface area contributed by atoms with Gasteiger partial charge in [0.05, 0.1) is 30.9 Å². The quantitative estimate of drug-likeness (QED) is 0.488. The minimum absolute atomic E-state index is 0.000377. The molecule has 0 spiro atoms. The summed E-state index contributed by atoms with van der Waals surface area (Å²) in [5, 5.41) is 13.4. The summed E-state index contributed by atoms with van der Waals surface area (Å²) < 4.78 is 15.6. The summed E-state index contributed by atoms with van der Waals surface area (Å²) in [6.45, 7) is 6.99. The second-order valence-corrected chi connectivity index (χ2v) is 8.95. The number of aromatic hydroxyl groups is 1. The number of rotatable bonds is 5. The first-order valence-electron chi connectivity index (χ1n) is 10.6. The molecule has 0 bridgehead atoms. The van der Waals surface area contributed by atoms with E-state index < -0.39 is 35.7 Å². The van der Waals surface area contributed by atoms with Crippen molar-refractivity contribution in [3.05, 3.63) is 45.3 Å². The normalized spacial score (nSPS) is 22.7. The third kappa shape index (κ3) is 4.44. The van der Waals surface area contributed by atoms with E-state index in [4.69, 9.17) is 25.8 Å². The second kappa shape index (κ2) is 9.47. The van der Waals surface area contributed by atoms with Crippen LogP contribution in [0, 0.1) is 11.8 Å². The molecule has 2 N–H and O–H groups in total. The maximum absolute atomic E-state index is 13.7.